The molecular formula is C16H23N3S. The fourth-order valence-electron chi connectivity index (χ4n) is 2.19. The number of nitrogens with zero attached hydrogens (tertiary/aromatic N) is 2. The maximum Gasteiger partial charge on any atom is 0.0547 e. The normalized spacial score (nSPS) is 11.2. The number of pyridine rings is 1. The SMILES string of the molecule is CCN(Cc1cccc(C)n1)Cc1ccc(CNC)s1. The van der Waals surface area contributed by atoms with Crippen LogP contribution in [0.2, 0.25) is 0 Å². The van der Waals surface area contributed by atoms with Gasteiger partial charge in [0.15, 0.2) is 0 Å². The van der Waals surface area contributed by atoms with E-state index in [0.717, 1.165) is 37.6 Å². The van der Waals surface area contributed by atoms with Crippen LogP contribution >= 0.6 is 11.3 Å². The van der Waals surface area contributed by atoms with Crippen LogP contribution in [0.5, 0.6) is 0 Å². The molecule has 0 unspecified atom stereocenters. The molecule has 108 valence electrons. The van der Waals surface area contributed by atoms with Crippen LogP contribution in [0.1, 0.15) is 28.1 Å². The first-order valence-electron chi connectivity index (χ1n) is 7.08. The van der Waals surface area contributed by atoms with E-state index < -0.39 is 0 Å². The quantitative estimate of drug-likeness (QED) is 0.848. The van der Waals surface area contributed by atoms with Crippen LogP contribution in [0.3, 0.4) is 0 Å². The largest absolute Gasteiger partial charge is 0.315 e. The van der Waals surface area contributed by atoms with E-state index >= 15 is 0 Å². The van der Waals surface area contributed by atoms with Gasteiger partial charge in [-0.25, -0.2) is 0 Å². The molecule has 2 aromatic heterocycles. The van der Waals surface area contributed by atoms with E-state index in [9.17, 15) is 0 Å². The number of thiophene rings is 1. The van der Waals surface area contributed by atoms with Gasteiger partial charge in [0.25, 0.3) is 0 Å². The third kappa shape index (κ3) is 4.40. The van der Waals surface area contributed by atoms with E-state index in [0.29, 0.717) is 0 Å². The zero-order chi connectivity index (χ0) is 14.4. The van der Waals surface area contributed by atoms with E-state index in [-0.39, 0.29) is 0 Å². The van der Waals surface area contributed by atoms with Gasteiger partial charge in [-0.05, 0) is 44.8 Å². The second kappa shape index (κ2) is 7.53. The van der Waals surface area contributed by atoms with Gasteiger partial charge in [0.2, 0.25) is 0 Å². The summed E-state index contributed by atoms with van der Waals surface area (Å²) in [5.41, 5.74) is 2.24. The Morgan fingerprint density at radius 2 is 1.95 bits per heavy atom. The maximum atomic E-state index is 4.59. The standard InChI is InChI=1S/C16H23N3S/c1-4-19(11-14-7-5-6-13(2)18-14)12-16-9-8-15(20-16)10-17-3/h5-9,17H,4,10-12H2,1-3H3. The third-order valence-corrected chi connectivity index (χ3v) is 4.30. The summed E-state index contributed by atoms with van der Waals surface area (Å²) in [5, 5.41) is 3.20. The van der Waals surface area contributed by atoms with Gasteiger partial charge in [0.05, 0.1) is 5.69 Å². The molecule has 20 heavy (non-hydrogen) atoms. The molecular weight excluding hydrogens is 266 g/mol. The molecule has 0 radical (unpaired) electrons. The molecule has 0 spiro atoms. The molecule has 3 nitrogen and oxygen atoms in total. The molecule has 0 bridgehead atoms. The fraction of sp³-hybridized carbons (Fsp3) is 0.438. The Balaban J connectivity index is 1.97. The summed E-state index contributed by atoms with van der Waals surface area (Å²) >= 11 is 1.89. The Bertz CT molecular complexity index is 536. The first-order valence-corrected chi connectivity index (χ1v) is 7.90. The number of hydrogen-bond donors (Lipinski definition) is 1. The van der Waals surface area contributed by atoms with Crippen molar-refractivity contribution in [2.75, 3.05) is 13.6 Å². The Kier molecular flexibility index (Phi) is 5.71. The Morgan fingerprint density at radius 1 is 1.15 bits per heavy atom. The lowest BCUT2D eigenvalue weighted by atomic mass is 10.3. The number of aromatic nitrogens is 1. The van der Waals surface area contributed by atoms with E-state index in [1.807, 2.05) is 31.4 Å². The number of rotatable bonds is 7. The zero-order valence-corrected chi connectivity index (χ0v) is 13.3. The van der Waals surface area contributed by atoms with E-state index in [4.69, 9.17) is 0 Å². The van der Waals surface area contributed by atoms with Gasteiger partial charge in [-0.2, -0.15) is 0 Å². The lowest BCUT2D eigenvalue weighted by Gasteiger charge is -2.19. The van der Waals surface area contributed by atoms with Crippen molar-refractivity contribution >= 4 is 11.3 Å². The van der Waals surface area contributed by atoms with Gasteiger partial charge in [-0.15, -0.1) is 11.3 Å². The van der Waals surface area contributed by atoms with Gasteiger partial charge >= 0.3 is 0 Å². The Morgan fingerprint density at radius 3 is 2.65 bits per heavy atom. The van der Waals surface area contributed by atoms with Gasteiger partial charge in [-0.3, -0.25) is 9.88 Å². The van der Waals surface area contributed by atoms with Crippen molar-refractivity contribution in [3.8, 4) is 0 Å². The molecule has 2 heterocycles. The van der Waals surface area contributed by atoms with Crippen molar-refractivity contribution in [1.82, 2.24) is 15.2 Å². The molecule has 0 atom stereocenters. The smallest absolute Gasteiger partial charge is 0.0547 e. The highest BCUT2D eigenvalue weighted by atomic mass is 32.1. The van der Waals surface area contributed by atoms with Gasteiger partial charge in [0.1, 0.15) is 0 Å². The molecule has 0 aliphatic rings. The van der Waals surface area contributed by atoms with Crippen LogP contribution in [0, 0.1) is 6.92 Å². The van der Waals surface area contributed by atoms with Crippen LogP contribution in [0.15, 0.2) is 30.3 Å². The summed E-state index contributed by atoms with van der Waals surface area (Å²) in [6.45, 7) is 8.16. The van der Waals surface area contributed by atoms with E-state index in [2.05, 4.69) is 46.4 Å². The molecule has 2 rings (SSSR count). The van der Waals surface area contributed by atoms with Gasteiger partial charge in [0, 0.05) is 35.1 Å². The number of aryl methyl sites for hydroxylation is 1. The molecule has 1 N–H and O–H groups in total. The highest BCUT2D eigenvalue weighted by Crippen LogP contribution is 2.19. The molecule has 2 aromatic rings. The summed E-state index contributed by atoms with van der Waals surface area (Å²) < 4.78 is 0. The van der Waals surface area contributed by atoms with Crippen molar-refractivity contribution < 1.29 is 0 Å². The molecule has 0 saturated carbocycles. The lowest BCUT2D eigenvalue weighted by molar-refractivity contribution is 0.270. The number of nitrogens with one attached hydrogen (secondary N) is 1. The highest BCUT2D eigenvalue weighted by molar-refractivity contribution is 7.11. The Labute approximate surface area is 125 Å². The molecule has 0 amide bonds. The maximum absolute atomic E-state index is 4.59. The molecule has 0 aliphatic carbocycles. The summed E-state index contributed by atoms with van der Waals surface area (Å²) in [5.74, 6) is 0. The van der Waals surface area contributed by atoms with Crippen molar-refractivity contribution in [3.63, 3.8) is 0 Å². The zero-order valence-electron chi connectivity index (χ0n) is 12.5. The molecule has 0 aliphatic heterocycles. The first kappa shape index (κ1) is 15.2. The number of hydrogen-bond acceptors (Lipinski definition) is 4. The van der Waals surface area contributed by atoms with Crippen molar-refractivity contribution in [3.05, 3.63) is 51.5 Å². The summed E-state index contributed by atoms with van der Waals surface area (Å²) in [6, 6.07) is 10.7. The second-order valence-corrected chi connectivity index (χ2v) is 6.22. The van der Waals surface area contributed by atoms with Gasteiger partial charge in [-0.1, -0.05) is 13.0 Å². The highest BCUT2D eigenvalue weighted by Gasteiger charge is 2.08. The third-order valence-electron chi connectivity index (χ3n) is 3.23. The lowest BCUT2D eigenvalue weighted by Crippen LogP contribution is -2.22. The Hall–Kier alpha value is -1.23. The fourth-order valence-corrected chi connectivity index (χ4v) is 3.27. The topological polar surface area (TPSA) is 28.2 Å². The predicted octanol–water partition coefficient (Wildman–Crippen LogP) is 3.19. The molecule has 0 aromatic carbocycles. The average Bonchev–Trinajstić information content (AvgIpc) is 2.86. The minimum atomic E-state index is 0.914. The summed E-state index contributed by atoms with van der Waals surface area (Å²) in [6.07, 6.45) is 0. The summed E-state index contributed by atoms with van der Waals surface area (Å²) in [7, 11) is 1.99. The van der Waals surface area contributed by atoms with Crippen LogP contribution in [0.25, 0.3) is 0 Å². The van der Waals surface area contributed by atoms with Crippen molar-refractivity contribution in [2.45, 2.75) is 33.5 Å². The monoisotopic (exact) mass is 289 g/mol. The van der Waals surface area contributed by atoms with E-state index in [1.54, 1.807) is 0 Å². The summed E-state index contributed by atoms with van der Waals surface area (Å²) in [4.78, 5) is 9.83. The molecule has 0 saturated heterocycles. The molecule has 4 heteroatoms. The second-order valence-electron chi connectivity index (χ2n) is 4.97. The van der Waals surface area contributed by atoms with Gasteiger partial charge < -0.3 is 5.32 Å². The van der Waals surface area contributed by atoms with Crippen LogP contribution in [-0.4, -0.2) is 23.5 Å². The minimum Gasteiger partial charge on any atom is -0.315 e. The molecule has 0 fully saturated rings. The first-order chi connectivity index (χ1) is 9.71. The minimum absolute atomic E-state index is 0.914. The predicted molar refractivity (Wildman–Crippen MR) is 85.8 cm³/mol. The van der Waals surface area contributed by atoms with Crippen molar-refractivity contribution in [2.24, 2.45) is 0 Å². The van der Waals surface area contributed by atoms with Crippen LogP contribution in [0.4, 0.5) is 0 Å². The van der Waals surface area contributed by atoms with Crippen LogP contribution < -0.4 is 5.32 Å². The average molecular weight is 289 g/mol. The van der Waals surface area contributed by atoms with Crippen LogP contribution in [-0.2, 0) is 19.6 Å². The van der Waals surface area contributed by atoms with Crippen molar-refractivity contribution in [1.29, 1.82) is 0 Å². The van der Waals surface area contributed by atoms with E-state index in [1.165, 1.54) is 9.75 Å².